The minimum Gasteiger partial charge on any atom is -0.495 e. The summed E-state index contributed by atoms with van der Waals surface area (Å²) in [4.78, 5) is 0. The molecule has 0 aliphatic rings. The van der Waals surface area contributed by atoms with Crippen LogP contribution < -0.4 is 10.1 Å². The normalized spacial score (nSPS) is 12.4. The molecule has 1 aromatic heterocycles. The molecule has 6 heteroatoms. The smallest absolute Gasteiger partial charge is 0.137 e. The predicted molar refractivity (Wildman–Crippen MR) is 97.9 cm³/mol. The molecule has 1 atom stereocenters. The molecule has 0 saturated heterocycles. The Kier molecular flexibility index (Phi) is 6.56. The van der Waals surface area contributed by atoms with E-state index in [-0.39, 0.29) is 6.04 Å². The van der Waals surface area contributed by atoms with Crippen LogP contribution in [0.25, 0.3) is 0 Å². The lowest BCUT2D eigenvalue weighted by Crippen LogP contribution is -2.23. The van der Waals surface area contributed by atoms with Crippen LogP contribution in [0.15, 0.2) is 31.8 Å². The van der Waals surface area contributed by atoms with E-state index in [0.29, 0.717) is 10.8 Å². The molecule has 0 fully saturated rings. The predicted octanol–water partition coefficient (Wildman–Crippen LogP) is 6.02. The fourth-order valence-corrected chi connectivity index (χ4v) is 5.28. The zero-order valence-corrected chi connectivity index (χ0v) is 16.5. The zero-order chi connectivity index (χ0) is 15.4. The molecule has 0 aliphatic carbocycles. The summed E-state index contributed by atoms with van der Waals surface area (Å²) in [7, 11) is 1.63. The van der Waals surface area contributed by atoms with Gasteiger partial charge in [-0.05, 0) is 74.2 Å². The molecule has 1 heterocycles. The first kappa shape index (κ1) is 17.3. The van der Waals surface area contributed by atoms with Crippen molar-refractivity contribution in [1.29, 1.82) is 0 Å². The van der Waals surface area contributed by atoms with Gasteiger partial charge >= 0.3 is 0 Å². The van der Waals surface area contributed by atoms with Crippen molar-refractivity contribution < 1.29 is 4.74 Å². The number of nitrogens with one attached hydrogen (secondary N) is 1. The lowest BCUT2D eigenvalue weighted by Gasteiger charge is -2.19. The van der Waals surface area contributed by atoms with Gasteiger partial charge in [0.2, 0.25) is 0 Å². The Bertz CT molecular complexity index is 618. The molecule has 114 valence electrons. The maximum atomic E-state index is 6.27. The summed E-state index contributed by atoms with van der Waals surface area (Å²) in [6, 6.07) is 8.17. The van der Waals surface area contributed by atoms with Gasteiger partial charge in [0.25, 0.3) is 0 Å². The number of rotatable bonds is 6. The molecular formula is C15H16Br2ClNOS. The van der Waals surface area contributed by atoms with Crippen molar-refractivity contribution in [1.82, 2.24) is 5.32 Å². The number of hydrogen-bond donors (Lipinski definition) is 1. The van der Waals surface area contributed by atoms with Crippen molar-refractivity contribution in [2.75, 3.05) is 13.7 Å². The van der Waals surface area contributed by atoms with E-state index in [1.165, 1.54) is 5.56 Å². The number of methoxy groups -OCH3 is 1. The average Bonchev–Trinajstić information content (AvgIpc) is 2.78. The third kappa shape index (κ3) is 4.23. The van der Waals surface area contributed by atoms with E-state index in [9.17, 15) is 0 Å². The van der Waals surface area contributed by atoms with Gasteiger partial charge in [-0.25, -0.2) is 0 Å². The summed E-state index contributed by atoms with van der Waals surface area (Å²) in [5.74, 6) is 0.695. The highest BCUT2D eigenvalue weighted by Gasteiger charge is 2.19. The monoisotopic (exact) mass is 451 g/mol. The standard InChI is InChI=1S/C15H16Br2ClNOS/c1-3-6-19-14(10-8-13(16)21-15(10)17)9-4-5-12(20-2)11(18)7-9/h4-5,7-8,14,19H,3,6H2,1-2H3. The molecule has 1 N–H and O–H groups in total. The molecule has 0 bridgehead atoms. The van der Waals surface area contributed by atoms with Gasteiger partial charge in [-0.15, -0.1) is 11.3 Å². The van der Waals surface area contributed by atoms with Crippen molar-refractivity contribution in [3.8, 4) is 5.75 Å². The van der Waals surface area contributed by atoms with Gasteiger partial charge in [0.05, 0.1) is 25.7 Å². The van der Waals surface area contributed by atoms with Gasteiger partial charge in [0, 0.05) is 0 Å². The Balaban J connectivity index is 2.40. The average molecular weight is 454 g/mol. The highest BCUT2D eigenvalue weighted by Crippen LogP contribution is 2.39. The van der Waals surface area contributed by atoms with Gasteiger partial charge < -0.3 is 10.1 Å². The fourth-order valence-electron chi connectivity index (χ4n) is 2.11. The Morgan fingerprint density at radius 1 is 1.33 bits per heavy atom. The third-order valence-electron chi connectivity index (χ3n) is 3.10. The zero-order valence-electron chi connectivity index (χ0n) is 11.8. The summed E-state index contributed by atoms with van der Waals surface area (Å²) in [5.41, 5.74) is 2.34. The second-order valence-electron chi connectivity index (χ2n) is 4.56. The van der Waals surface area contributed by atoms with Crippen molar-refractivity contribution in [2.24, 2.45) is 0 Å². The Labute approximate surface area is 151 Å². The molecule has 0 aliphatic heterocycles. The van der Waals surface area contributed by atoms with Crippen LogP contribution >= 0.6 is 54.8 Å². The first-order chi connectivity index (χ1) is 10.1. The SMILES string of the molecule is CCCNC(c1ccc(OC)c(Cl)c1)c1cc(Br)sc1Br. The maximum Gasteiger partial charge on any atom is 0.137 e. The Hall–Kier alpha value is -0.0700. The van der Waals surface area contributed by atoms with Crippen molar-refractivity contribution in [3.63, 3.8) is 0 Å². The van der Waals surface area contributed by atoms with E-state index in [0.717, 1.165) is 26.1 Å². The first-order valence-corrected chi connectivity index (χ1v) is 9.36. The van der Waals surface area contributed by atoms with Gasteiger partial charge in [-0.1, -0.05) is 24.6 Å². The van der Waals surface area contributed by atoms with E-state index >= 15 is 0 Å². The first-order valence-electron chi connectivity index (χ1n) is 6.58. The van der Waals surface area contributed by atoms with E-state index in [1.54, 1.807) is 18.4 Å². The summed E-state index contributed by atoms with van der Waals surface area (Å²) < 4.78 is 7.45. The highest BCUT2D eigenvalue weighted by atomic mass is 79.9. The third-order valence-corrected chi connectivity index (χ3v) is 5.78. The summed E-state index contributed by atoms with van der Waals surface area (Å²) in [6.07, 6.45) is 1.07. The van der Waals surface area contributed by atoms with Crippen molar-refractivity contribution in [2.45, 2.75) is 19.4 Å². The number of thiophene rings is 1. The van der Waals surface area contributed by atoms with Crippen LogP contribution in [0.5, 0.6) is 5.75 Å². The molecule has 2 aromatic rings. The second kappa shape index (κ2) is 7.97. The molecule has 0 saturated carbocycles. The molecule has 21 heavy (non-hydrogen) atoms. The molecule has 0 amide bonds. The number of hydrogen-bond acceptors (Lipinski definition) is 3. The Morgan fingerprint density at radius 2 is 2.10 bits per heavy atom. The van der Waals surface area contributed by atoms with Crippen LogP contribution in [0.1, 0.15) is 30.5 Å². The lowest BCUT2D eigenvalue weighted by atomic mass is 10.0. The highest BCUT2D eigenvalue weighted by molar-refractivity contribution is 9.12. The largest absolute Gasteiger partial charge is 0.495 e. The number of ether oxygens (including phenoxy) is 1. The topological polar surface area (TPSA) is 21.3 Å². The molecule has 1 unspecified atom stereocenters. The quantitative estimate of drug-likeness (QED) is 0.577. The van der Waals surface area contributed by atoms with E-state index in [4.69, 9.17) is 16.3 Å². The van der Waals surface area contributed by atoms with Crippen molar-refractivity contribution >= 4 is 54.8 Å². The number of benzene rings is 1. The fraction of sp³-hybridized carbons (Fsp3) is 0.333. The van der Waals surface area contributed by atoms with Crippen LogP contribution in [0, 0.1) is 0 Å². The second-order valence-corrected chi connectivity index (χ2v) is 8.72. The van der Waals surface area contributed by atoms with Crippen molar-refractivity contribution in [3.05, 3.63) is 48.0 Å². The molecule has 0 spiro atoms. The van der Waals surface area contributed by atoms with Crippen LogP contribution in [0.2, 0.25) is 5.02 Å². The molecular weight excluding hydrogens is 437 g/mol. The molecule has 2 nitrogen and oxygen atoms in total. The minimum atomic E-state index is 0.102. The lowest BCUT2D eigenvalue weighted by molar-refractivity contribution is 0.414. The molecule has 2 rings (SSSR count). The van der Waals surface area contributed by atoms with Gasteiger partial charge in [0.15, 0.2) is 0 Å². The summed E-state index contributed by atoms with van der Waals surface area (Å²) in [5, 5.41) is 4.21. The molecule has 1 aromatic carbocycles. The van der Waals surface area contributed by atoms with Crippen LogP contribution in [-0.4, -0.2) is 13.7 Å². The van der Waals surface area contributed by atoms with E-state index in [1.807, 2.05) is 12.1 Å². The maximum absolute atomic E-state index is 6.27. The Morgan fingerprint density at radius 3 is 2.62 bits per heavy atom. The van der Waals surface area contributed by atoms with E-state index < -0.39 is 0 Å². The summed E-state index contributed by atoms with van der Waals surface area (Å²) in [6.45, 7) is 3.10. The van der Waals surface area contributed by atoms with Gasteiger partial charge in [-0.2, -0.15) is 0 Å². The molecule has 0 radical (unpaired) electrons. The van der Waals surface area contributed by atoms with Crippen LogP contribution in [0.3, 0.4) is 0 Å². The van der Waals surface area contributed by atoms with Gasteiger partial charge in [0.1, 0.15) is 5.75 Å². The van der Waals surface area contributed by atoms with Crippen LogP contribution in [-0.2, 0) is 0 Å². The van der Waals surface area contributed by atoms with Gasteiger partial charge in [-0.3, -0.25) is 0 Å². The van der Waals surface area contributed by atoms with E-state index in [2.05, 4.69) is 56.2 Å². The minimum absolute atomic E-state index is 0.102. The summed E-state index contributed by atoms with van der Waals surface area (Å²) >= 11 is 15.1. The van der Waals surface area contributed by atoms with Crippen LogP contribution in [0.4, 0.5) is 0 Å². The number of halogens is 3.